The molecule has 2 atom stereocenters. The number of hydrogen-bond donors (Lipinski definition) is 3. The van der Waals surface area contributed by atoms with E-state index in [1.807, 2.05) is 74.5 Å². The average Bonchev–Trinajstić information content (AvgIpc) is 3.17. The highest BCUT2D eigenvalue weighted by atomic mass is 19.1. The lowest BCUT2D eigenvalue weighted by Crippen LogP contribution is -2.53. The van der Waals surface area contributed by atoms with Gasteiger partial charge in [0.25, 0.3) is 0 Å². The van der Waals surface area contributed by atoms with Crippen molar-refractivity contribution in [2.75, 3.05) is 50.7 Å². The van der Waals surface area contributed by atoms with Crippen molar-refractivity contribution < 1.29 is 32.6 Å². The first-order valence-corrected chi connectivity index (χ1v) is 17.5. The van der Waals surface area contributed by atoms with Crippen molar-refractivity contribution in [2.45, 2.75) is 45.7 Å². The predicted molar refractivity (Wildman–Crippen MR) is 201 cm³/mol. The van der Waals surface area contributed by atoms with E-state index in [4.69, 9.17) is 20.9 Å². The number of nitrogens with one attached hydrogen (secondary N) is 1. The Bertz CT molecular complexity index is 1770. The number of nitrogen functional groups attached to an aromatic ring is 2. The summed E-state index contributed by atoms with van der Waals surface area (Å²) in [6, 6.07) is 28.9. The monoisotopic (exact) mass is 730 g/mol. The molecule has 2 aliphatic heterocycles. The molecule has 2 amide bonds. The fourth-order valence-corrected chi connectivity index (χ4v) is 5.79. The van der Waals surface area contributed by atoms with Crippen molar-refractivity contribution in [1.29, 1.82) is 0 Å². The number of amides is 2. The summed E-state index contributed by atoms with van der Waals surface area (Å²) in [6.45, 7) is 9.36. The van der Waals surface area contributed by atoms with Gasteiger partial charge in [0.15, 0.2) is 17.9 Å². The average molecular weight is 731 g/mol. The van der Waals surface area contributed by atoms with E-state index in [0.717, 1.165) is 30.8 Å². The van der Waals surface area contributed by atoms with Crippen molar-refractivity contribution in [2.24, 2.45) is 0 Å². The summed E-state index contributed by atoms with van der Waals surface area (Å²) in [5, 5.41) is 3.24. The molecule has 4 aromatic rings. The van der Waals surface area contributed by atoms with Crippen molar-refractivity contribution >= 4 is 29.8 Å². The lowest BCUT2D eigenvalue weighted by Gasteiger charge is -2.39. The zero-order valence-electron chi connectivity index (χ0n) is 30.1. The lowest BCUT2D eigenvalue weighted by atomic mass is 10.1. The van der Waals surface area contributed by atoms with Crippen LogP contribution < -0.4 is 16.8 Å². The van der Waals surface area contributed by atoms with Crippen LogP contribution in [0.25, 0.3) is 0 Å². The van der Waals surface area contributed by atoms with E-state index in [1.54, 1.807) is 28.0 Å². The van der Waals surface area contributed by atoms with E-state index in [2.05, 4.69) is 10.2 Å². The summed E-state index contributed by atoms with van der Waals surface area (Å²) in [7, 11) is 0. The molecular weight excluding hydrogens is 682 g/mol. The van der Waals surface area contributed by atoms with Gasteiger partial charge in [-0.05, 0) is 43.2 Å². The standard InChI is InChI=1S/C20H24FN3O2.C13H18N2O2.C7H6FNO/c1-15-12-23(13-17-8-5-9-18(22)19(17)21)10-11-24(15)20(25)26-14-16-6-3-2-4-7-16;1-11-9-14-7-8-15(11)13(16)17-10-12-5-3-2-4-6-12;8-7-5(4-10)2-1-3-6(7)9/h2-9,15H,10-14,22H2,1H3;2-6,11,14H,7-10H2,1H3;1-4H,9H2/t15-;11-;/m11./s1. The van der Waals surface area contributed by atoms with Gasteiger partial charge in [-0.25, -0.2) is 18.4 Å². The van der Waals surface area contributed by atoms with Gasteiger partial charge in [0, 0.05) is 63.5 Å². The van der Waals surface area contributed by atoms with Gasteiger partial charge in [0.05, 0.1) is 16.9 Å². The summed E-state index contributed by atoms with van der Waals surface area (Å²) in [5.74, 6) is -0.998. The normalized spacial score (nSPS) is 17.0. The molecule has 11 nitrogen and oxygen atoms in total. The Kier molecular flexibility index (Phi) is 15.6. The van der Waals surface area contributed by atoms with E-state index in [1.165, 1.54) is 18.2 Å². The van der Waals surface area contributed by atoms with Crippen LogP contribution in [0.5, 0.6) is 0 Å². The second-order valence-corrected chi connectivity index (χ2v) is 12.8. The fourth-order valence-electron chi connectivity index (χ4n) is 5.79. The highest BCUT2D eigenvalue weighted by Crippen LogP contribution is 2.20. The highest BCUT2D eigenvalue weighted by molar-refractivity contribution is 5.77. The van der Waals surface area contributed by atoms with Crippen molar-refractivity contribution in [3.8, 4) is 0 Å². The number of carbonyl (C=O) groups excluding carboxylic acids is 3. The van der Waals surface area contributed by atoms with Gasteiger partial charge in [0.2, 0.25) is 0 Å². The SMILES string of the molecule is C[C@@H]1CN(Cc2cccc(N)c2F)CCN1C(=O)OCc1ccccc1.C[C@@H]1CNCCN1C(=O)OCc1ccccc1.Nc1cccc(C=O)c1F. The molecule has 2 aliphatic rings. The molecule has 0 unspecified atom stereocenters. The second kappa shape index (κ2) is 20.5. The molecule has 4 aromatic carbocycles. The van der Waals surface area contributed by atoms with Gasteiger partial charge < -0.3 is 36.1 Å². The molecule has 5 N–H and O–H groups in total. The quantitative estimate of drug-likeness (QED) is 0.152. The van der Waals surface area contributed by atoms with E-state index < -0.39 is 5.82 Å². The molecule has 2 saturated heterocycles. The molecule has 6 rings (SSSR count). The molecule has 0 aliphatic carbocycles. The summed E-state index contributed by atoms with van der Waals surface area (Å²) < 4.78 is 37.4. The molecular formula is C40H48F2N6O5. The van der Waals surface area contributed by atoms with Gasteiger partial charge in [0.1, 0.15) is 13.2 Å². The Hall–Kier alpha value is -5.53. The smallest absolute Gasteiger partial charge is 0.410 e. The fraction of sp³-hybridized carbons (Fsp3) is 0.325. The first kappa shape index (κ1) is 40.2. The second-order valence-electron chi connectivity index (χ2n) is 12.8. The Labute approximate surface area is 309 Å². The Morgan fingerprint density at radius 3 is 1.81 bits per heavy atom. The van der Waals surface area contributed by atoms with E-state index >= 15 is 0 Å². The number of nitrogens with two attached hydrogens (primary N) is 2. The largest absolute Gasteiger partial charge is 0.445 e. The lowest BCUT2D eigenvalue weighted by molar-refractivity contribution is 0.0455. The maximum absolute atomic E-state index is 14.1. The van der Waals surface area contributed by atoms with Crippen LogP contribution >= 0.6 is 0 Å². The maximum atomic E-state index is 14.1. The highest BCUT2D eigenvalue weighted by Gasteiger charge is 2.29. The first-order chi connectivity index (χ1) is 25.6. The van der Waals surface area contributed by atoms with Crippen molar-refractivity contribution in [3.63, 3.8) is 0 Å². The molecule has 0 radical (unpaired) electrons. The van der Waals surface area contributed by atoms with Crippen LogP contribution in [0, 0.1) is 11.6 Å². The number of halogens is 2. The van der Waals surface area contributed by atoms with Crippen molar-refractivity contribution in [3.05, 3.63) is 131 Å². The molecule has 0 saturated carbocycles. The van der Waals surface area contributed by atoms with Gasteiger partial charge in [-0.15, -0.1) is 0 Å². The molecule has 13 heteroatoms. The third-order valence-corrected chi connectivity index (χ3v) is 8.78. The summed E-state index contributed by atoms with van der Waals surface area (Å²) in [5.41, 5.74) is 13.5. The van der Waals surface area contributed by atoms with Gasteiger partial charge in [-0.1, -0.05) is 78.9 Å². The van der Waals surface area contributed by atoms with Crippen LogP contribution in [0.4, 0.5) is 29.7 Å². The molecule has 0 bridgehead atoms. The zero-order chi connectivity index (χ0) is 38.2. The maximum Gasteiger partial charge on any atom is 0.410 e. The number of ether oxygens (including phenoxy) is 2. The van der Waals surface area contributed by atoms with E-state index in [9.17, 15) is 23.2 Å². The minimum Gasteiger partial charge on any atom is -0.445 e. The van der Waals surface area contributed by atoms with Crippen LogP contribution in [0.1, 0.15) is 40.9 Å². The number of carbonyl (C=O) groups is 3. The third-order valence-electron chi connectivity index (χ3n) is 8.78. The van der Waals surface area contributed by atoms with Crippen LogP contribution in [0.15, 0.2) is 97.1 Å². The summed E-state index contributed by atoms with van der Waals surface area (Å²) in [6.07, 6.45) is -0.0925. The van der Waals surface area contributed by atoms with Crippen LogP contribution in [0.3, 0.4) is 0 Å². The zero-order valence-corrected chi connectivity index (χ0v) is 30.1. The molecule has 2 heterocycles. The number of benzene rings is 4. The topological polar surface area (TPSA) is 143 Å². The number of rotatable bonds is 7. The van der Waals surface area contributed by atoms with Crippen LogP contribution in [0.2, 0.25) is 0 Å². The summed E-state index contributed by atoms with van der Waals surface area (Å²) >= 11 is 0. The Morgan fingerprint density at radius 2 is 1.28 bits per heavy atom. The predicted octanol–water partition coefficient (Wildman–Crippen LogP) is 6.09. The van der Waals surface area contributed by atoms with Gasteiger partial charge in [-0.2, -0.15) is 0 Å². The third kappa shape index (κ3) is 12.3. The number of piperazine rings is 2. The Balaban J connectivity index is 0.000000198. The number of aldehydes is 1. The number of anilines is 2. The molecule has 53 heavy (non-hydrogen) atoms. The molecule has 0 aromatic heterocycles. The van der Waals surface area contributed by atoms with Crippen molar-refractivity contribution in [1.82, 2.24) is 20.0 Å². The minimum absolute atomic E-state index is 0.000000000000000222. The van der Waals surface area contributed by atoms with Crippen LogP contribution in [-0.2, 0) is 29.2 Å². The molecule has 2 fully saturated rings. The van der Waals surface area contributed by atoms with E-state index in [0.29, 0.717) is 44.6 Å². The summed E-state index contributed by atoms with van der Waals surface area (Å²) in [4.78, 5) is 39.9. The first-order valence-electron chi connectivity index (χ1n) is 17.5. The molecule has 0 spiro atoms. The molecule has 282 valence electrons. The van der Waals surface area contributed by atoms with E-state index in [-0.39, 0.29) is 53.6 Å². The number of nitrogens with zero attached hydrogens (tertiary/aromatic N) is 3. The minimum atomic E-state index is -0.641. The van der Waals surface area contributed by atoms with Crippen LogP contribution in [-0.4, -0.2) is 84.5 Å². The number of hydrogen-bond acceptors (Lipinski definition) is 9. The van der Waals surface area contributed by atoms with Gasteiger partial charge in [-0.3, -0.25) is 9.69 Å². The Morgan fingerprint density at radius 1 is 0.736 bits per heavy atom. The van der Waals surface area contributed by atoms with Gasteiger partial charge >= 0.3 is 12.2 Å².